The number of benzene rings is 1. The maximum absolute atomic E-state index is 12.4. The number of hydrogen-bond acceptors (Lipinski definition) is 4. The molecule has 2 rings (SSSR count). The van der Waals surface area contributed by atoms with E-state index in [1.807, 2.05) is 18.0 Å². The van der Waals surface area contributed by atoms with Gasteiger partial charge in [-0.25, -0.2) is 0 Å². The molecule has 128 valence electrons. The van der Waals surface area contributed by atoms with Crippen molar-refractivity contribution in [2.75, 3.05) is 33.8 Å². The second-order valence-electron chi connectivity index (χ2n) is 6.32. The number of carbonyl (C=O) groups is 1. The molecule has 5 heteroatoms. The Kier molecular flexibility index (Phi) is 7.02. The summed E-state index contributed by atoms with van der Waals surface area (Å²) in [7, 11) is 3.51. The highest BCUT2D eigenvalue weighted by Gasteiger charge is 2.27. The van der Waals surface area contributed by atoms with Crippen molar-refractivity contribution in [3.05, 3.63) is 35.9 Å². The summed E-state index contributed by atoms with van der Waals surface area (Å²) in [5, 5.41) is 0. The summed E-state index contributed by atoms with van der Waals surface area (Å²) in [5.74, 6) is 0.119. The number of hydrogen-bond donors (Lipinski definition) is 1. The van der Waals surface area contributed by atoms with Crippen molar-refractivity contribution in [1.82, 2.24) is 9.80 Å². The molecule has 1 aliphatic rings. The summed E-state index contributed by atoms with van der Waals surface area (Å²) in [6.45, 7) is 3.35. The average Bonchev–Trinajstić information content (AvgIpc) is 2.60. The lowest BCUT2D eigenvalue weighted by Gasteiger charge is -2.38. The number of nitrogens with two attached hydrogens (primary N) is 1. The SMILES string of the molecule is COC(CN)CC(=O)N(C)C1CCCN(Cc2ccccc2)C1. The summed E-state index contributed by atoms with van der Waals surface area (Å²) in [4.78, 5) is 16.7. The summed E-state index contributed by atoms with van der Waals surface area (Å²) in [6.07, 6.45) is 2.36. The van der Waals surface area contributed by atoms with E-state index in [0.717, 1.165) is 32.5 Å². The second kappa shape index (κ2) is 9.01. The third-order valence-electron chi connectivity index (χ3n) is 4.67. The van der Waals surface area contributed by atoms with Gasteiger partial charge >= 0.3 is 0 Å². The molecule has 1 aromatic carbocycles. The Bertz CT molecular complexity index is 476. The molecule has 0 aromatic heterocycles. The van der Waals surface area contributed by atoms with E-state index in [1.165, 1.54) is 5.56 Å². The van der Waals surface area contributed by atoms with Gasteiger partial charge in [-0.2, -0.15) is 0 Å². The van der Waals surface area contributed by atoms with Crippen molar-refractivity contribution in [2.24, 2.45) is 5.73 Å². The fourth-order valence-electron chi connectivity index (χ4n) is 3.14. The monoisotopic (exact) mass is 319 g/mol. The maximum atomic E-state index is 12.4. The van der Waals surface area contributed by atoms with Crippen LogP contribution in [0.1, 0.15) is 24.8 Å². The van der Waals surface area contributed by atoms with Crippen LogP contribution in [0.15, 0.2) is 30.3 Å². The van der Waals surface area contributed by atoms with Gasteiger partial charge in [-0.3, -0.25) is 9.69 Å². The van der Waals surface area contributed by atoms with E-state index in [9.17, 15) is 4.79 Å². The molecular weight excluding hydrogens is 290 g/mol. The lowest BCUT2D eigenvalue weighted by molar-refractivity contribution is -0.135. The molecule has 0 radical (unpaired) electrons. The molecule has 2 atom stereocenters. The molecule has 23 heavy (non-hydrogen) atoms. The topological polar surface area (TPSA) is 58.8 Å². The van der Waals surface area contributed by atoms with Crippen LogP contribution in [0, 0.1) is 0 Å². The van der Waals surface area contributed by atoms with Gasteiger partial charge in [-0.1, -0.05) is 30.3 Å². The zero-order chi connectivity index (χ0) is 16.7. The quantitative estimate of drug-likeness (QED) is 0.827. The van der Waals surface area contributed by atoms with Gasteiger partial charge in [-0.05, 0) is 24.9 Å². The van der Waals surface area contributed by atoms with Crippen LogP contribution in [0.4, 0.5) is 0 Å². The van der Waals surface area contributed by atoms with Gasteiger partial charge in [0.15, 0.2) is 0 Å². The van der Waals surface area contributed by atoms with E-state index >= 15 is 0 Å². The van der Waals surface area contributed by atoms with E-state index < -0.39 is 0 Å². The number of nitrogens with zero attached hydrogens (tertiary/aromatic N) is 2. The summed E-state index contributed by atoms with van der Waals surface area (Å²) in [5.41, 5.74) is 6.94. The molecule has 1 aromatic rings. The predicted molar refractivity (Wildman–Crippen MR) is 92.0 cm³/mol. The first-order valence-corrected chi connectivity index (χ1v) is 8.38. The minimum atomic E-state index is -0.186. The van der Waals surface area contributed by atoms with Gasteiger partial charge < -0.3 is 15.4 Å². The number of methoxy groups -OCH3 is 1. The highest BCUT2D eigenvalue weighted by atomic mass is 16.5. The van der Waals surface area contributed by atoms with Crippen molar-refractivity contribution < 1.29 is 9.53 Å². The van der Waals surface area contributed by atoms with Gasteiger partial charge in [-0.15, -0.1) is 0 Å². The van der Waals surface area contributed by atoms with Gasteiger partial charge in [0.25, 0.3) is 0 Å². The molecule has 1 aliphatic heterocycles. The van der Waals surface area contributed by atoms with Crippen molar-refractivity contribution in [3.63, 3.8) is 0 Å². The van der Waals surface area contributed by atoms with E-state index in [1.54, 1.807) is 7.11 Å². The van der Waals surface area contributed by atoms with Crippen molar-refractivity contribution in [2.45, 2.75) is 38.0 Å². The Morgan fingerprint density at radius 1 is 1.43 bits per heavy atom. The van der Waals surface area contributed by atoms with Gasteiger partial charge in [0.1, 0.15) is 0 Å². The van der Waals surface area contributed by atoms with Crippen LogP contribution in [0.2, 0.25) is 0 Å². The average molecular weight is 319 g/mol. The summed E-state index contributed by atoms with van der Waals surface area (Å²) < 4.78 is 5.22. The third-order valence-corrected chi connectivity index (χ3v) is 4.67. The molecule has 0 aliphatic carbocycles. The number of ether oxygens (including phenoxy) is 1. The summed E-state index contributed by atoms with van der Waals surface area (Å²) >= 11 is 0. The highest BCUT2D eigenvalue weighted by Crippen LogP contribution is 2.18. The molecule has 2 unspecified atom stereocenters. The van der Waals surface area contributed by atoms with Crippen LogP contribution >= 0.6 is 0 Å². The van der Waals surface area contributed by atoms with Crippen molar-refractivity contribution in [1.29, 1.82) is 0 Å². The number of piperidine rings is 1. The van der Waals surface area contributed by atoms with E-state index in [0.29, 0.717) is 13.0 Å². The van der Waals surface area contributed by atoms with Crippen LogP contribution in [0.25, 0.3) is 0 Å². The Morgan fingerprint density at radius 3 is 2.83 bits per heavy atom. The van der Waals surface area contributed by atoms with Crippen LogP contribution < -0.4 is 5.73 Å². The number of amides is 1. The minimum Gasteiger partial charge on any atom is -0.380 e. The Morgan fingerprint density at radius 2 is 2.17 bits per heavy atom. The molecule has 1 saturated heterocycles. The van der Waals surface area contributed by atoms with Gasteiger partial charge in [0, 0.05) is 39.8 Å². The predicted octanol–water partition coefficient (Wildman–Crippen LogP) is 1.47. The zero-order valence-electron chi connectivity index (χ0n) is 14.3. The molecule has 2 N–H and O–H groups in total. The fourth-order valence-corrected chi connectivity index (χ4v) is 3.14. The van der Waals surface area contributed by atoms with Crippen LogP contribution in [-0.4, -0.2) is 61.6 Å². The molecule has 1 fully saturated rings. The molecule has 0 spiro atoms. The number of rotatable bonds is 7. The minimum absolute atomic E-state index is 0.119. The molecule has 0 bridgehead atoms. The normalized spacial score (nSPS) is 20.2. The standard InChI is InChI=1S/C18H29N3O2/c1-20(18(22)11-17(12-19)23-2)16-9-6-10-21(14-16)13-15-7-4-3-5-8-15/h3-5,7-8,16-17H,6,9-14,19H2,1-2H3. The second-order valence-corrected chi connectivity index (χ2v) is 6.32. The third kappa shape index (κ3) is 5.30. The van der Waals surface area contributed by atoms with Crippen LogP contribution in [0.3, 0.4) is 0 Å². The van der Waals surface area contributed by atoms with E-state index in [4.69, 9.17) is 10.5 Å². The van der Waals surface area contributed by atoms with Crippen molar-refractivity contribution in [3.8, 4) is 0 Å². The van der Waals surface area contributed by atoms with Crippen molar-refractivity contribution >= 4 is 5.91 Å². The Balaban J connectivity index is 1.88. The number of likely N-dealkylation sites (N-methyl/N-ethyl adjacent to an activating group) is 1. The number of likely N-dealkylation sites (tertiary alicyclic amines) is 1. The Labute approximate surface area is 139 Å². The number of carbonyl (C=O) groups excluding carboxylic acids is 1. The smallest absolute Gasteiger partial charge is 0.225 e. The first kappa shape index (κ1) is 17.9. The van der Waals surface area contributed by atoms with Crippen LogP contribution in [0.5, 0.6) is 0 Å². The molecule has 0 saturated carbocycles. The zero-order valence-corrected chi connectivity index (χ0v) is 14.3. The molecular formula is C18H29N3O2. The van der Waals surface area contributed by atoms with Gasteiger partial charge in [0.2, 0.25) is 5.91 Å². The fraction of sp³-hybridized carbons (Fsp3) is 0.611. The largest absolute Gasteiger partial charge is 0.380 e. The summed E-state index contributed by atoms with van der Waals surface area (Å²) in [6, 6.07) is 10.8. The lowest BCUT2D eigenvalue weighted by atomic mass is 10.0. The lowest BCUT2D eigenvalue weighted by Crippen LogP contribution is -2.49. The highest BCUT2D eigenvalue weighted by molar-refractivity contribution is 5.76. The molecule has 1 heterocycles. The maximum Gasteiger partial charge on any atom is 0.225 e. The van der Waals surface area contributed by atoms with E-state index in [-0.39, 0.29) is 18.1 Å². The van der Waals surface area contributed by atoms with Crippen LogP contribution in [-0.2, 0) is 16.1 Å². The van der Waals surface area contributed by atoms with E-state index in [2.05, 4.69) is 29.2 Å². The van der Waals surface area contributed by atoms with Gasteiger partial charge in [0.05, 0.1) is 12.5 Å². The molecule has 1 amide bonds. The first-order valence-electron chi connectivity index (χ1n) is 8.38. The Hall–Kier alpha value is -1.43. The molecule has 5 nitrogen and oxygen atoms in total. The first-order chi connectivity index (χ1) is 11.1.